The maximum absolute atomic E-state index is 10.7. The molecule has 0 heterocycles. The predicted molar refractivity (Wildman–Crippen MR) is 74.4 cm³/mol. The molecule has 1 N–H and O–H groups in total. The Hall–Kier alpha value is -0.810. The molecule has 0 aliphatic rings. The molecule has 0 aromatic heterocycles. The molecule has 0 saturated heterocycles. The van der Waals surface area contributed by atoms with E-state index in [1.807, 2.05) is 13.8 Å². The first kappa shape index (κ1) is 16.2. The van der Waals surface area contributed by atoms with E-state index in [9.17, 15) is 9.90 Å². The second-order valence-electron chi connectivity index (χ2n) is 4.27. The van der Waals surface area contributed by atoms with Gasteiger partial charge in [0.2, 0.25) is 0 Å². The van der Waals surface area contributed by atoms with Gasteiger partial charge in [-0.15, -0.1) is 0 Å². The minimum atomic E-state index is -0.761. The molecule has 0 amide bonds. The van der Waals surface area contributed by atoms with E-state index in [0.29, 0.717) is 17.6 Å². The van der Waals surface area contributed by atoms with E-state index in [2.05, 4.69) is 0 Å². The minimum absolute atomic E-state index is 0.0310. The lowest BCUT2D eigenvalue weighted by Crippen LogP contribution is -2.25. The number of ether oxygens (including phenoxy) is 2. The van der Waals surface area contributed by atoms with Gasteiger partial charge in [-0.1, -0.05) is 23.2 Å². The fourth-order valence-corrected chi connectivity index (χ4v) is 1.71. The Morgan fingerprint density at radius 1 is 1.26 bits per heavy atom. The zero-order valence-electron chi connectivity index (χ0n) is 10.7. The van der Waals surface area contributed by atoms with E-state index in [4.69, 9.17) is 32.7 Å². The Kier molecular flexibility index (Phi) is 6.58. The summed E-state index contributed by atoms with van der Waals surface area (Å²) in [6.07, 6.45) is -0.105. The number of halogens is 2. The van der Waals surface area contributed by atoms with Gasteiger partial charge in [0.25, 0.3) is 0 Å². The molecular weight excluding hydrogens is 291 g/mol. The van der Waals surface area contributed by atoms with E-state index < -0.39 is 6.10 Å². The molecule has 1 atom stereocenters. The van der Waals surface area contributed by atoms with Crippen LogP contribution >= 0.6 is 23.2 Å². The Balaban J connectivity index is 2.58. The topological polar surface area (TPSA) is 55.8 Å². The van der Waals surface area contributed by atoms with Gasteiger partial charge in [-0.2, -0.15) is 0 Å². The van der Waals surface area contributed by atoms with Gasteiger partial charge in [-0.25, -0.2) is 0 Å². The monoisotopic (exact) mass is 306 g/mol. The van der Waals surface area contributed by atoms with Gasteiger partial charge in [-0.05, 0) is 19.9 Å². The van der Waals surface area contributed by atoms with Crippen LogP contribution in [0.15, 0.2) is 12.1 Å². The highest BCUT2D eigenvalue weighted by Crippen LogP contribution is 2.30. The SMILES string of the molecule is CC(C)OCC(O)COc1cc(Cl)c(C=O)cc1Cl. The average Bonchev–Trinajstić information content (AvgIpc) is 2.36. The van der Waals surface area contributed by atoms with Crippen molar-refractivity contribution < 1.29 is 19.4 Å². The highest BCUT2D eigenvalue weighted by molar-refractivity contribution is 6.36. The van der Waals surface area contributed by atoms with Crippen molar-refractivity contribution >= 4 is 29.5 Å². The summed E-state index contributed by atoms with van der Waals surface area (Å²) < 4.78 is 10.6. The average molecular weight is 307 g/mol. The van der Waals surface area contributed by atoms with Crippen molar-refractivity contribution in [1.29, 1.82) is 0 Å². The van der Waals surface area contributed by atoms with Crippen LogP contribution in [0, 0.1) is 0 Å². The van der Waals surface area contributed by atoms with E-state index in [0.717, 1.165) is 0 Å². The van der Waals surface area contributed by atoms with Gasteiger partial charge in [0, 0.05) is 11.6 Å². The second-order valence-corrected chi connectivity index (χ2v) is 5.08. The molecule has 0 bridgehead atoms. The molecule has 0 fully saturated rings. The molecule has 0 saturated carbocycles. The molecular formula is C13H16Cl2O4. The number of carbonyl (C=O) groups is 1. The van der Waals surface area contributed by atoms with Gasteiger partial charge in [0.1, 0.15) is 18.5 Å². The molecule has 1 aromatic rings. The fourth-order valence-electron chi connectivity index (χ4n) is 1.28. The van der Waals surface area contributed by atoms with Crippen molar-refractivity contribution in [3.63, 3.8) is 0 Å². The van der Waals surface area contributed by atoms with Crippen molar-refractivity contribution in [2.75, 3.05) is 13.2 Å². The van der Waals surface area contributed by atoms with Crippen LogP contribution < -0.4 is 4.74 Å². The first-order valence-corrected chi connectivity index (χ1v) is 6.56. The van der Waals surface area contributed by atoms with E-state index in [-0.39, 0.29) is 29.4 Å². The van der Waals surface area contributed by atoms with Crippen LogP contribution in [0.2, 0.25) is 10.0 Å². The molecule has 0 spiro atoms. The van der Waals surface area contributed by atoms with E-state index >= 15 is 0 Å². The van der Waals surface area contributed by atoms with Crippen LogP contribution in [-0.4, -0.2) is 36.8 Å². The molecule has 106 valence electrons. The quantitative estimate of drug-likeness (QED) is 0.787. The minimum Gasteiger partial charge on any atom is -0.489 e. The number of aliphatic hydroxyl groups excluding tert-OH is 1. The zero-order chi connectivity index (χ0) is 14.4. The van der Waals surface area contributed by atoms with Crippen molar-refractivity contribution in [3.05, 3.63) is 27.7 Å². The van der Waals surface area contributed by atoms with Crippen LogP contribution in [0.4, 0.5) is 0 Å². The summed E-state index contributed by atoms with van der Waals surface area (Å²) in [5.74, 6) is 0.320. The van der Waals surface area contributed by atoms with Gasteiger partial charge in [-0.3, -0.25) is 4.79 Å². The van der Waals surface area contributed by atoms with Crippen molar-refractivity contribution in [1.82, 2.24) is 0 Å². The highest BCUT2D eigenvalue weighted by atomic mass is 35.5. The van der Waals surface area contributed by atoms with Crippen LogP contribution in [0.3, 0.4) is 0 Å². The maximum atomic E-state index is 10.7. The molecule has 6 heteroatoms. The molecule has 19 heavy (non-hydrogen) atoms. The summed E-state index contributed by atoms with van der Waals surface area (Å²) in [4.78, 5) is 10.7. The lowest BCUT2D eigenvalue weighted by molar-refractivity contribution is -0.0122. The van der Waals surface area contributed by atoms with Crippen molar-refractivity contribution in [3.8, 4) is 5.75 Å². The third kappa shape index (κ3) is 5.37. The standard InChI is InChI=1S/C13H16Cl2O4/c1-8(2)18-6-10(17)7-19-13-4-11(14)9(5-16)3-12(13)15/h3-5,8,10,17H,6-7H2,1-2H3. The molecule has 0 radical (unpaired) electrons. The van der Waals surface area contributed by atoms with E-state index in [1.165, 1.54) is 12.1 Å². The number of hydrogen-bond acceptors (Lipinski definition) is 4. The Labute approximate surface area is 122 Å². The number of benzene rings is 1. The summed E-state index contributed by atoms with van der Waals surface area (Å²) in [5, 5.41) is 10.2. The summed E-state index contributed by atoms with van der Waals surface area (Å²) in [6, 6.07) is 2.87. The number of aldehydes is 1. The predicted octanol–water partition coefficient (Wildman–Crippen LogP) is 2.97. The van der Waals surface area contributed by atoms with Crippen molar-refractivity contribution in [2.24, 2.45) is 0 Å². The first-order valence-electron chi connectivity index (χ1n) is 5.80. The first-order chi connectivity index (χ1) is 8.93. The highest BCUT2D eigenvalue weighted by Gasteiger charge is 2.11. The summed E-state index contributed by atoms with van der Waals surface area (Å²) in [7, 11) is 0. The third-order valence-electron chi connectivity index (χ3n) is 2.23. The van der Waals surface area contributed by atoms with Crippen LogP contribution in [0.1, 0.15) is 24.2 Å². The summed E-state index contributed by atoms with van der Waals surface area (Å²) >= 11 is 11.8. The largest absolute Gasteiger partial charge is 0.489 e. The Morgan fingerprint density at radius 2 is 1.95 bits per heavy atom. The molecule has 1 unspecified atom stereocenters. The van der Waals surface area contributed by atoms with Gasteiger partial charge >= 0.3 is 0 Å². The fraction of sp³-hybridized carbons (Fsp3) is 0.462. The van der Waals surface area contributed by atoms with Crippen LogP contribution in [0.25, 0.3) is 0 Å². The molecule has 0 aliphatic heterocycles. The zero-order valence-corrected chi connectivity index (χ0v) is 12.2. The third-order valence-corrected chi connectivity index (χ3v) is 2.85. The number of aliphatic hydroxyl groups is 1. The summed E-state index contributed by atoms with van der Waals surface area (Å²) in [6.45, 7) is 3.96. The van der Waals surface area contributed by atoms with Crippen LogP contribution in [-0.2, 0) is 4.74 Å². The molecule has 1 rings (SSSR count). The smallest absolute Gasteiger partial charge is 0.151 e. The lowest BCUT2D eigenvalue weighted by atomic mass is 10.2. The second kappa shape index (κ2) is 7.70. The number of rotatable bonds is 7. The summed E-state index contributed by atoms with van der Waals surface area (Å²) in [5.41, 5.74) is 0.294. The van der Waals surface area contributed by atoms with Gasteiger partial charge in [0.15, 0.2) is 6.29 Å². The lowest BCUT2D eigenvalue weighted by Gasteiger charge is -2.15. The molecule has 0 aliphatic carbocycles. The van der Waals surface area contributed by atoms with Gasteiger partial charge in [0.05, 0.1) is 22.8 Å². The van der Waals surface area contributed by atoms with E-state index in [1.54, 1.807) is 0 Å². The number of hydrogen-bond donors (Lipinski definition) is 1. The Bertz CT molecular complexity index is 435. The van der Waals surface area contributed by atoms with Crippen molar-refractivity contribution in [2.45, 2.75) is 26.1 Å². The van der Waals surface area contributed by atoms with Gasteiger partial charge < -0.3 is 14.6 Å². The molecule has 4 nitrogen and oxygen atoms in total. The van der Waals surface area contributed by atoms with Crippen LogP contribution in [0.5, 0.6) is 5.75 Å². The normalized spacial score (nSPS) is 12.5. The number of carbonyl (C=O) groups excluding carboxylic acids is 1. The Morgan fingerprint density at radius 3 is 2.53 bits per heavy atom. The maximum Gasteiger partial charge on any atom is 0.151 e. The molecule has 1 aromatic carbocycles.